The van der Waals surface area contributed by atoms with Crippen LogP contribution >= 0.6 is 0 Å². The number of hydrogen-bond donors (Lipinski definition) is 2. The van der Waals surface area contributed by atoms with Gasteiger partial charge in [-0.25, -0.2) is 13.1 Å². The highest BCUT2D eigenvalue weighted by Crippen LogP contribution is 2.39. The average molecular weight is 437 g/mol. The number of para-hydroxylation sites is 1. The zero-order valence-corrected chi connectivity index (χ0v) is 18.3. The number of nitrogens with zero attached hydrogens (tertiary/aromatic N) is 1. The van der Waals surface area contributed by atoms with Gasteiger partial charge in [0.15, 0.2) is 5.76 Å². The topological polar surface area (TPSA) is 109 Å². The molecule has 2 saturated heterocycles. The number of fused-ring (bicyclic) bond motifs is 1. The van der Waals surface area contributed by atoms with Crippen molar-refractivity contribution in [2.75, 3.05) is 26.0 Å². The maximum absolute atomic E-state index is 13.1. The largest absolute Gasteiger partial charge is 0.451 e. The quantitative estimate of drug-likeness (QED) is 0.760. The summed E-state index contributed by atoms with van der Waals surface area (Å²) in [4.78, 5) is 14.8. The average Bonchev–Trinajstić information content (AvgIpc) is 3.01. The Morgan fingerprint density at radius 1 is 1.27 bits per heavy atom. The number of rotatable bonds is 3. The van der Waals surface area contributed by atoms with Crippen LogP contribution in [-0.2, 0) is 14.8 Å². The molecule has 8 nitrogen and oxygen atoms in total. The van der Waals surface area contributed by atoms with Crippen molar-refractivity contribution < 1.29 is 27.5 Å². The van der Waals surface area contributed by atoms with Crippen molar-refractivity contribution in [1.29, 1.82) is 0 Å². The lowest BCUT2D eigenvalue weighted by Gasteiger charge is -2.50. The normalized spacial score (nSPS) is 26.9. The van der Waals surface area contributed by atoms with Gasteiger partial charge in [0.1, 0.15) is 11.2 Å². The van der Waals surface area contributed by atoms with Crippen LogP contribution in [0.4, 0.5) is 0 Å². The Balaban J connectivity index is 1.47. The molecule has 0 bridgehead atoms. The summed E-state index contributed by atoms with van der Waals surface area (Å²) in [7, 11) is -3.47. The monoisotopic (exact) mass is 436 g/mol. The highest BCUT2D eigenvalue weighted by Gasteiger charge is 2.49. The zero-order valence-electron chi connectivity index (χ0n) is 17.5. The molecule has 3 heterocycles. The second-order valence-corrected chi connectivity index (χ2v) is 10.6. The molecule has 164 valence electrons. The molecule has 2 aromatic rings. The molecule has 2 aliphatic rings. The van der Waals surface area contributed by atoms with Crippen LogP contribution in [0.5, 0.6) is 0 Å². The number of benzene rings is 1. The van der Waals surface area contributed by atoms with Gasteiger partial charge in [-0.2, -0.15) is 0 Å². The van der Waals surface area contributed by atoms with Crippen molar-refractivity contribution in [3.8, 4) is 0 Å². The molecule has 0 saturated carbocycles. The predicted molar refractivity (Wildman–Crippen MR) is 112 cm³/mol. The number of amides is 1. The molecule has 1 amide bonds. The Morgan fingerprint density at radius 3 is 2.57 bits per heavy atom. The number of piperidine rings is 1. The number of carbonyl (C=O) groups excluding carboxylic acids is 1. The Kier molecular flexibility index (Phi) is 5.21. The molecule has 1 spiro atoms. The van der Waals surface area contributed by atoms with Crippen LogP contribution in [0, 0.1) is 6.92 Å². The molecular weight excluding hydrogens is 408 g/mol. The van der Waals surface area contributed by atoms with E-state index in [-0.39, 0.29) is 12.5 Å². The van der Waals surface area contributed by atoms with Crippen molar-refractivity contribution in [3.05, 3.63) is 35.6 Å². The molecule has 2 aliphatic heterocycles. The first-order chi connectivity index (χ1) is 14.0. The molecule has 2 fully saturated rings. The van der Waals surface area contributed by atoms with E-state index >= 15 is 0 Å². The number of aryl methyl sites for hydroxylation is 1. The lowest BCUT2D eigenvalue weighted by atomic mass is 9.78. The van der Waals surface area contributed by atoms with Gasteiger partial charge in [0, 0.05) is 24.0 Å². The third kappa shape index (κ3) is 3.99. The Labute approximate surface area is 176 Å². The van der Waals surface area contributed by atoms with Crippen molar-refractivity contribution in [1.82, 2.24) is 9.62 Å². The molecule has 30 heavy (non-hydrogen) atoms. The molecule has 9 heteroatoms. The number of ether oxygens (including phenoxy) is 1. The second-order valence-electron chi connectivity index (χ2n) is 8.82. The number of likely N-dealkylation sites (tertiary alicyclic amines) is 1. The number of furan rings is 1. The van der Waals surface area contributed by atoms with Gasteiger partial charge in [0.2, 0.25) is 10.0 Å². The maximum Gasteiger partial charge on any atom is 0.289 e. The van der Waals surface area contributed by atoms with Crippen LogP contribution in [0.15, 0.2) is 28.7 Å². The minimum Gasteiger partial charge on any atom is -0.451 e. The van der Waals surface area contributed by atoms with Gasteiger partial charge in [-0.05, 0) is 39.2 Å². The third-order valence-electron chi connectivity index (χ3n) is 6.35. The van der Waals surface area contributed by atoms with Crippen LogP contribution in [0.25, 0.3) is 11.0 Å². The molecule has 0 radical (unpaired) electrons. The van der Waals surface area contributed by atoms with Gasteiger partial charge in [-0.1, -0.05) is 18.2 Å². The number of aliphatic hydroxyl groups is 1. The molecule has 2 atom stereocenters. The molecule has 0 unspecified atom stereocenters. The van der Waals surface area contributed by atoms with Crippen molar-refractivity contribution in [2.45, 2.75) is 50.4 Å². The summed E-state index contributed by atoms with van der Waals surface area (Å²) in [5, 5.41) is 11.5. The van der Waals surface area contributed by atoms with Crippen molar-refractivity contribution >= 4 is 26.9 Å². The van der Waals surface area contributed by atoms with E-state index in [0.717, 1.165) is 17.2 Å². The molecule has 4 rings (SSSR count). The second kappa shape index (κ2) is 7.33. The minimum atomic E-state index is -3.47. The summed E-state index contributed by atoms with van der Waals surface area (Å²) >= 11 is 0. The van der Waals surface area contributed by atoms with Gasteiger partial charge >= 0.3 is 0 Å². The standard InChI is InChI=1S/C21H28N2O6S/c1-14-15-6-4-5-7-16(15)29-18(14)19(24)23-10-8-21(9-11-23)12-17(22-30(3,26)27)20(2,25)13-28-21/h4-7,17,22,25H,8-13H2,1-3H3/t17-,20-/m0/s1. The van der Waals surface area contributed by atoms with E-state index in [4.69, 9.17) is 9.15 Å². The first kappa shape index (κ1) is 21.3. The summed E-state index contributed by atoms with van der Waals surface area (Å²) in [5.41, 5.74) is -0.325. The van der Waals surface area contributed by atoms with Crippen LogP contribution in [0.2, 0.25) is 0 Å². The lowest BCUT2D eigenvalue weighted by molar-refractivity contribution is -0.187. The number of carbonyl (C=O) groups is 1. The van der Waals surface area contributed by atoms with Crippen molar-refractivity contribution in [2.24, 2.45) is 0 Å². The number of hydrogen-bond acceptors (Lipinski definition) is 6. The van der Waals surface area contributed by atoms with E-state index in [1.54, 1.807) is 11.8 Å². The predicted octanol–water partition coefficient (Wildman–Crippen LogP) is 1.81. The van der Waals surface area contributed by atoms with Crippen LogP contribution in [0.1, 0.15) is 42.3 Å². The number of nitrogens with one attached hydrogen (secondary N) is 1. The fourth-order valence-corrected chi connectivity index (χ4v) is 5.32. The van der Waals surface area contributed by atoms with E-state index in [2.05, 4.69) is 4.72 Å². The third-order valence-corrected chi connectivity index (χ3v) is 7.07. The maximum atomic E-state index is 13.1. The molecule has 1 aromatic carbocycles. The van der Waals surface area contributed by atoms with Gasteiger partial charge in [0.05, 0.1) is 24.5 Å². The Hall–Kier alpha value is -1.94. The Bertz CT molecular complexity index is 1070. The lowest BCUT2D eigenvalue weighted by Crippen LogP contribution is -2.64. The highest BCUT2D eigenvalue weighted by atomic mass is 32.2. The van der Waals surface area contributed by atoms with E-state index in [9.17, 15) is 18.3 Å². The van der Waals surface area contributed by atoms with Crippen LogP contribution < -0.4 is 4.72 Å². The summed E-state index contributed by atoms with van der Waals surface area (Å²) in [6.07, 6.45) is 2.58. The van der Waals surface area contributed by atoms with Gasteiger partial charge in [0.25, 0.3) is 5.91 Å². The molecule has 2 N–H and O–H groups in total. The molecule has 1 aromatic heterocycles. The van der Waals surface area contributed by atoms with Gasteiger partial charge in [-0.3, -0.25) is 4.79 Å². The van der Waals surface area contributed by atoms with E-state index in [0.29, 0.717) is 43.7 Å². The van der Waals surface area contributed by atoms with E-state index < -0.39 is 27.3 Å². The fourth-order valence-electron chi connectivity index (χ4n) is 4.47. The van der Waals surface area contributed by atoms with E-state index in [1.165, 1.54) is 0 Å². The summed E-state index contributed by atoms with van der Waals surface area (Å²) in [5.74, 6) is 0.212. The van der Waals surface area contributed by atoms with Crippen LogP contribution in [0.3, 0.4) is 0 Å². The Morgan fingerprint density at radius 2 is 1.93 bits per heavy atom. The van der Waals surface area contributed by atoms with E-state index in [1.807, 2.05) is 31.2 Å². The van der Waals surface area contributed by atoms with Crippen LogP contribution in [-0.4, -0.2) is 67.5 Å². The fraction of sp³-hybridized carbons (Fsp3) is 0.571. The minimum absolute atomic E-state index is 0.0385. The van der Waals surface area contributed by atoms with Gasteiger partial charge < -0.3 is 19.2 Å². The first-order valence-electron chi connectivity index (χ1n) is 10.1. The SMILES string of the molecule is Cc1c(C(=O)N2CCC3(CC2)C[C@H](NS(C)(=O)=O)[C@@](C)(O)CO3)oc2ccccc12. The highest BCUT2D eigenvalue weighted by molar-refractivity contribution is 7.88. The summed E-state index contributed by atoms with van der Waals surface area (Å²) in [6.45, 7) is 4.45. The smallest absolute Gasteiger partial charge is 0.289 e. The van der Waals surface area contributed by atoms with Crippen molar-refractivity contribution in [3.63, 3.8) is 0 Å². The zero-order chi connectivity index (χ0) is 21.7. The molecule has 0 aliphatic carbocycles. The summed E-state index contributed by atoms with van der Waals surface area (Å²) in [6, 6.07) is 6.94. The number of sulfonamides is 1. The summed E-state index contributed by atoms with van der Waals surface area (Å²) < 4.78 is 37.9. The first-order valence-corrected chi connectivity index (χ1v) is 12.0. The van der Waals surface area contributed by atoms with Gasteiger partial charge in [-0.15, -0.1) is 0 Å². The molecular formula is C21H28N2O6S.